The molecule has 0 aliphatic carbocycles. The number of halogens is 4. The summed E-state index contributed by atoms with van der Waals surface area (Å²) in [5, 5.41) is 10.3. The van der Waals surface area contributed by atoms with Crippen LogP contribution in [0.1, 0.15) is 11.1 Å². The zero-order chi connectivity index (χ0) is 14.7. The highest BCUT2D eigenvalue weighted by Crippen LogP contribution is 2.18. The number of aliphatic hydroxyl groups is 1. The van der Waals surface area contributed by atoms with Crippen molar-refractivity contribution >= 4 is 11.6 Å². The first kappa shape index (κ1) is 14.9. The van der Waals surface area contributed by atoms with Gasteiger partial charge in [0.15, 0.2) is 11.6 Å². The van der Waals surface area contributed by atoms with E-state index in [4.69, 9.17) is 11.6 Å². The first-order chi connectivity index (χ1) is 9.45. The Morgan fingerprint density at radius 3 is 2.30 bits per heavy atom. The Hall–Kier alpha value is -1.52. The van der Waals surface area contributed by atoms with Crippen molar-refractivity contribution in [3.63, 3.8) is 0 Å². The van der Waals surface area contributed by atoms with Gasteiger partial charge in [0.1, 0.15) is 5.82 Å². The molecule has 5 heteroatoms. The summed E-state index contributed by atoms with van der Waals surface area (Å²) in [6.07, 6.45) is -0.762. The predicted octanol–water partition coefficient (Wildman–Crippen LogP) is 3.90. The van der Waals surface area contributed by atoms with Crippen LogP contribution in [0.15, 0.2) is 36.4 Å². The molecular formula is C15H12ClF3O. The van der Waals surface area contributed by atoms with Crippen molar-refractivity contribution in [1.29, 1.82) is 0 Å². The van der Waals surface area contributed by atoms with Gasteiger partial charge in [0.2, 0.25) is 0 Å². The minimum Gasteiger partial charge on any atom is -0.392 e. The van der Waals surface area contributed by atoms with E-state index in [9.17, 15) is 18.3 Å². The second-order valence-electron chi connectivity index (χ2n) is 4.55. The van der Waals surface area contributed by atoms with Gasteiger partial charge in [-0.05, 0) is 47.9 Å². The smallest absolute Gasteiger partial charge is 0.159 e. The number of rotatable bonds is 4. The van der Waals surface area contributed by atoms with Crippen molar-refractivity contribution in [3.8, 4) is 0 Å². The van der Waals surface area contributed by atoms with Crippen molar-refractivity contribution < 1.29 is 18.3 Å². The molecule has 1 N–H and O–H groups in total. The Bertz CT molecular complexity index is 616. The summed E-state index contributed by atoms with van der Waals surface area (Å²) >= 11 is 5.76. The van der Waals surface area contributed by atoms with Gasteiger partial charge in [-0.15, -0.1) is 0 Å². The van der Waals surface area contributed by atoms with Crippen LogP contribution in [0.2, 0.25) is 5.02 Å². The van der Waals surface area contributed by atoms with Crippen molar-refractivity contribution in [2.24, 2.45) is 0 Å². The van der Waals surface area contributed by atoms with E-state index in [1.54, 1.807) is 0 Å². The largest absolute Gasteiger partial charge is 0.392 e. The maximum atomic E-state index is 13.5. The van der Waals surface area contributed by atoms with E-state index < -0.39 is 23.6 Å². The Morgan fingerprint density at radius 1 is 0.900 bits per heavy atom. The van der Waals surface area contributed by atoms with Crippen LogP contribution in [-0.2, 0) is 12.8 Å². The van der Waals surface area contributed by atoms with Crippen LogP contribution in [0.3, 0.4) is 0 Å². The van der Waals surface area contributed by atoms with Gasteiger partial charge in [-0.1, -0.05) is 17.7 Å². The van der Waals surface area contributed by atoms with Gasteiger partial charge in [-0.3, -0.25) is 0 Å². The van der Waals surface area contributed by atoms with Crippen LogP contribution in [-0.4, -0.2) is 11.2 Å². The number of hydrogen-bond acceptors (Lipinski definition) is 1. The molecule has 0 radical (unpaired) electrons. The molecule has 0 bridgehead atoms. The standard InChI is InChI=1S/C15H12ClF3O/c16-11-2-4-13(17)10(7-11)8-12(20)5-9-1-3-14(18)15(19)6-9/h1-4,6-7,12,20H,5,8H2. The second kappa shape index (κ2) is 6.29. The van der Waals surface area contributed by atoms with E-state index in [1.165, 1.54) is 24.3 Å². The van der Waals surface area contributed by atoms with Crippen molar-refractivity contribution in [1.82, 2.24) is 0 Å². The third-order valence-corrected chi connectivity index (χ3v) is 3.15. The molecule has 0 fully saturated rings. The third-order valence-electron chi connectivity index (χ3n) is 2.92. The lowest BCUT2D eigenvalue weighted by molar-refractivity contribution is 0.174. The summed E-state index contributed by atoms with van der Waals surface area (Å²) in [6.45, 7) is 0. The summed E-state index contributed by atoms with van der Waals surface area (Å²) in [5.74, 6) is -2.37. The zero-order valence-corrected chi connectivity index (χ0v) is 11.2. The normalized spacial score (nSPS) is 12.4. The fourth-order valence-corrected chi connectivity index (χ4v) is 2.16. The Labute approximate surface area is 119 Å². The molecule has 0 heterocycles. The molecule has 0 saturated heterocycles. The molecule has 1 atom stereocenters. The molecule has 0 aromatic heterocycles. The molecule has 1 unspecified atom stereocenters. The van der Waals surface area contributed by atoms with Crippen LogP contribution in [0.25, 0.3) is 0 Å². The molecule has 2 aromatic rings. The highest BCUT2D eigenvalue weighted by atomic mass is 35.5. The average Bonchev–Trinajstić information content (AvgIpc) is 2.38. The van der Waals surface area contributed by atoms with E-state index in [-0.39, 0.29) is 18.4 Å². The molecule has 2 aromatic carbocycles. The third kappa shape index (κ3) is 3.74. The maximum Gasteiger partial charge on any atom is 0.159 e. The molecule has 0 saturated carbocycles. The fraction of sp³-hybridized carbons (Fsp3) is 0.200. The summed E-state index contributed by atoms with van der Waals surface area (Å²) in [4.78, 5) is 0. The highest BCUT2D eigenvalue weighted by Gasteiger charge is 2.12. The van der Waals surface area contributed by atoms with Crippen LogP contribution in [0.4, 0.5) is 13.2 Å². The van der Waals surface area contributed by atoms with Gasteiger partial charge >= 0.3 is 0 Å². The summed E-state index contributed by atoms with van der Waals surface area (Å²) in [6, 6.07) is 7.48. The van der Waals surface area contributed by atoms with Gasteiger partial charge in [0.05, 0.1) is 6.10 Å². The minimum absolute atomic E-state index is 0.0470. The molecule has 0 amide bonds. The van der Waals surface area contributed by atoms with Crippen LogP contribution >= 0.6 is 11.6 Å². The van der Waals surface area contributed by atoms with Crippen LogP contribution in [0.5, 0.6) is 0 Å². The van der Waals surface area contributed by atoms with Gasteiger partial charge in [0.25, 0.3) is 0 Å². The lowest BCUT2D eigenvalue weighted by atomic mass is 10.0. The predicted molar refractivity (Wildman–Crippen MR) is 71.2 cm³/mol. The van der Waals surface area contributed by atoms with Crippen molar-refractivity contribution in [2.45, 2.75) is 18.9 Å². The number of benzene rings is 2. The van der Waals surface area contributed by atoms with Gasteiger partial charge < -0.3 is 5.11 Å². The molecular weight excluding hydrogens is 289 g/mol. The topological polar surface area (TPSA) is 20.2 Å². The van der Waals surface area contributed by atoms with Crippen LogP contribution in [0, 0.1) is 17.5 Å². The highest BCUT2D eigenvalue weighted by molar-refractivity contribution is 6.30. The zero-order valence-electron chi connectivity index (χ0n) is 10.4. The van der Waals surface area contributed by atoms with E-state index in [0.717, 1.165) is 12.1 Å². The Balaban J connectivity index is 2.06. The molecule has 0 spiro atoms. The molecule has 1 nitrogen and oxygen atoms in total. The molecule has 0 aliphatic rings. The minimum atomic E-state index is -0.969. The first-order valence-corrected chi connectivity index (χ1v) is 6.39. The Kier molecular flexibility index (Phi) is 4.68. The second-order valence-corrected chi connectivity index (χ2v) is 4.98. The lowest BCUT2D eigenvalue weighted by Gasteiger charge is -2.12. The van der Waals surface area contributed by atoms with Gasteiger partial charge in [-0.2, -0.15) is 0 Å². The number of aliphatic hydroxyl groups excluding tert-OH is 1. The molecule has 2 rings (SSSR count). The average molecular weight is 301 g/mol. The van der Waals surface area contributed by atoms with Gasteiger partial charge in [-0.25, -0.2) is 13.2 Å². The van der Waals surface area contributed by atoms with E-state index in [2.05, 4.69) is 0 Å². The summed E-state index contributed by atoms with van der Waals surface area (Å²) in [5.41, 5.74) is 0.728. The van der Waals surface area contributed by atoms with Crippen molar-refractivity contribution in [3.05, 3.63) is 70.0 Å². The summed E-state index contributed by atoms with van der Waals surface area (Å²) in [7, 11) is 0. The van der Waals surface area contributed by atoms with Crippen LogP contribution < -0.4 is 0 Å². The molecule has 20 heavy (non-hydrogen) atoms. The summed E-state index contributed by atoms with van der Waals surface area (Å²) < 4.78 is 39.3. The Morgan fingerprint density at radius 2 is 1.60 bits per heavy atom. The molecule has 106 valence electrons. The van der Waals surface area contributed by atoms with Gasteiger partial charge in [0, 0.05) is 11.4 Å². The van der Waals surface area contributed by atoms with E-state index in [1.807, 2.05) is 0 Å². The van der Waals surface area contributed by atoms with E-state index >= 15 is 0 Å². The maximum absolute atomic E-state index is 13.5. The number of hydrogen-bond donors (Lipinski definition) is 1. The first-order valence-electron chi connectivity index (χ1n) is 6.01. The monoisotopic (exact) mass is 300 g/mol. The van der Waals surface area contributed by atoms with E-state index in [0.29, 0.717) is 10.6 Å². The fourth-order valence-electron chi connectivity index (χ4n) is 1.96. The quantitative estimate of drug-likeness (QED) is 0.908. The SMILES string of the molecule is OC(Cc1ccc(F)c(F)c1)Cc1cc(Cl)ccc1F. The molecule has 0 aliphatic heterocycles. The lowest BCUT2D eigenvalue weighted by Crippen LogP contribution is -2.15. The van der Waals surface area contributed by atoms with Crippen molar-refractivity contribution in [2.75, 3.05) is 0 Å².